The van der Waals surface area contributed by atoms with Crippen molar-refractivity contribution in [1.82, 2.24) is 10.0 Å². The summed E-state index contributed by atoms with van der Waals surface area (Å²) in [4.78, 5) is 40.2. The predicted octanol–water partition coefficient (Wildman–Crippen LogP) is 3.48. The van der Waals surface area contributed by atoms with E-state index < -0.39 is 29.7 Å². The number of hydrogen-bond donors (Lipinski definition) is 0. The lowest BCUT2D eigenvalue weighted by Crippen LogP contribution is -2.65. The molecular weight excluding hydrogens is 472 g/mol. The highest BCUT2D eigenvalue weighted by atomic mass is 16.6. The van der Waals surface area contributed by atoms with Crippen molar-refractivity contribution in [3.63, 3.8) is 0 Å². The van der Waals surface area contributed by atoms with Crippen LogP contribution in [0.1, 0.15) is 27.5 Å². The summed E-state index contributed by atoms with van der Waals surface area (Å²) < 4.78 is 32.8. The van der Waals surface area contributed by atoms with Gasteiger partial charge in [-0.1, -0.05) is 36.4 Å². The fourth-order valence-electron chi connectivity index (χ4n) is 4.41. The Balaban J connectivity index is 2.00. The number of hydrazine groups is 1. The summed E-state index contributed by atoms with van der Waals surface area (Å²) in [6.07, 6.45) is 1.04. The van der Waals surface area contributed by atoms with Crippen LogP contribution in [-0.2, 0) is 20.8 Å². The molecule has 0 radical (unpaired) electrons. The van der Waals surface area contributed by atoms with Gasteiger partial charge in [0, 0.05) is 7.11 Å². The Hall–Kier alpha value is -4.25. The van der Waals surface area contributed by atoms with E-state index in [1.165, 1.54) is 27.4 Å². The van der Waals surface area contributed by atoms with Crippen molar-refractivity contribution in [2.75, 3.05) is 35.5 Å². The van der Waals surface area contributed by atoms with Gasteiger partial charge in [0.25, 0.3) is 0 Å². The molecule has 1 aliphatic carbocycles. The van der Waals surface area contributed by atoms with Gasteiger partial charge in [0.2, 0.25) is 17.3 Å². The van der Waals surface area contributed by atoms with Gasteiger partial charge in [-0.3, -0.25) is 4.79 Å². The second-order valence-electron chi connectivity index (χ2n) is 7.81. The van der Waals surface area contributed by atoms with Crippen molar-refractivity contribution in [3.05, 3.63) is 65.2 Å². The summed E-state index contributed by atoms with van der Waals surface area (Å²) in [5.41, 5.74) is -0.867. The van der Waals surface area contributed by atoms with Crippen LogP contribution in [0.4, 0.5) is 9.59 Å². The molecule has 11 nitrogen and oxygen atoms in total. The first-order valence-corrected chi connectivity index (χ1v) is 10.9. The van der Waals surface area contributed by atoms with Gasteiger partial charge in [-0.25, -0.2) is 9.59 Å². The van der Waals surface area contributed by atoms with Crippen LogP contribution in [0.25, 0.3) is 0 Å². The Kier molecular flexibility index (Phi) is 6.75. The first-order chi connectivity index (χ1) is 17.4. The Morgan fingerprint density at radius 3 is 2.22 bits per heavy atom. The molecule has 0 unspecified atom stereocenters. The molecule has 2 amide bonds. The molecule has 5 rings (SSSR count). The number of Topliss-reactive ketones (excluding diaryl/α,β-unsaturated/α-hetero) is 1. The van der Waals surface area contributed by atoms with Crippen molar-refractivity contribution in [2.45, 2.75) is 18.4 Å². The SMILES string of the molecule is COC(=O)N1[C@@H]2C=C[C@@](OC)(C(=O)c3c2cc(OC)c(OC)c3OCc2ccccc2)N1C(=O)OC. The van der Waals surface area contributed by atoms with Crippen LogP contribution in [0.15, 0.2) is 48.6 Å². The second kappa shape index (κ2) is 9.78. The van der Waals surface area contributed by atoms with Gasteiger partial charge in [-0.05, 0) is 23.3 Å². The van der Waals surface area contributed by atoms with Gasteiger partial charge >= 0.3 is 12.2 Å². The minimum atomic E-state index is -2.08. The maximum Gasteiger partial charge on any atom is 0.432 e. The summed E-state index contributed by atoms with van der Waals surface area (Å²) in [5, 5.41) is 1.76. The van der Waals surface area contributed by atoms with Crippen molar-refractivity contribution in [2.24, 2.45) is 0 Å². The van der Waals surface area contributed by atoms with Crippen LogP contribution < -0.4 is 14.2 Å². The Bertz CT molecular complexity index is 1210. The molecule has 36 heavy (non-hydrogen) atoms. The zero-order valence-electron chi connectivity index (χ0n) is 20.5. The number of ether oxygens (including phenoxy) is 6. The van der Waals surface area contributed by atoms with Crippen molar-refractivity contribution in [1.29, 1.82) is 0 Å². The highest BCUT2D eigenvalue weighted by Gasteiger charge is 2.59. The number of methoxy groups -OCH3 is 5. The lowest BCUT2D eigenvalue weighted by molar-refractivity contribution is -0.155. The van der Waals surface area contributed by atoms with Gasteiger partial charge < -0.3 is 28.4 Å². The zero-order valence-corrected chi connectivity index (χ0v) is 20.5. The number of rotatable bonds is 6. The minimum Gasteiger partial charge on any atom is -0.493 e. The highest BCUT2D eigenvalue weighted by molar-refractivity contribution is 6.10. The maximum atomic E-state index is 14.3. The summed E-state index contributed by atoms with van der Waals surface area (Å²) in [5.74, 6) is -0.180. The molecule has 0 spiro atoms. The van der Waals surface area contributed by atoms with Crippen molar-refractivity contribution < 1.29 is 42.8 Å². The first-order valence-electron chi connectivity index (χ1n) is 10.9. The summed E-state index contributed by atoms with van der Waals surface area (Å²) in [6.45, 7) is 0.101. The molecule has 3 aliphatic rings. The molecule has 2 aromatic carbocycles. The van der Waals surface area contributed by atoms with E-state index in [9.17, 15) is 14.4 Å². The van der Waals surface area contributed by atoms with E-state index in [0.29, 0.717) is 5.56 Å². The lowest BCUT2D eigenvalue weighted by Gasteiger charge is -2.45. The number of hydrogen-bond acceptors (Lipinski definition) is 9. The van der Waals surface area contributed by atoms with Crippen LogP contribution in [0, 0.1) is 0 Å². The van der Waals surface area contributed by atoms with Crippen molar-refractivity contribution >= 4 is 18.0 Å². The number of fused-ring (bicyclic) bond motifs is 1. The standard InChI is InChI=1S/C25H26N2O9/c1-31-18-13-16-17-11-12-25(35-5,27(24(30)34-4)26(17)23(29)33-3)22(28)19(16)21(20(18)32-2)36-14-15-9-7-6-8-10-15/h6-13,17H,14H2,1-5H3/t17-,25-/m1/s1. The summed E-state index contributed by atoms with van der Waals surface area (Å²) >= 11 is 0. The maximum absolute atomic E-state index is 14.3. The number of carbonyl (C=O) groups excluding carboxylic acids is 3. The van der Waals surface area contributed by atoms with E-state index in [4.69, 9.17) is 28.4 Å². The van der Waals surface area contributed by atoms with Crippen LogP contribution in [0.2, 0.25) is 0 Å². The van der Waals surface area contributed by atoms with Gasteiger partial charge in [0.05, 0.1) is 34.0 Å². The van der Waals surface area contributed by atoms with Crippen LogP contribution >= 0.6 is 0 Å². The number of nitrogens with zero attached hydrogens (tertiary/aromatic N) is 2. The molecule has 0 saturated carbocycles. The highest BCUT2D eigenvalue weighted by Crippen LogP contribution is 2.51. The van der Waals surface area contributed by atoms with Gasteiger partial charge in [-0.2, -0.15) is 10.0 Å². The third-order valence-corrected chi connectivity index (χ3v) is 6.07. The van der Waals surface area contributed by atoms with E-state index in [2.05, 4.69) is 0 Å². The van der Waals surface area contributed by atoms with E-state index in [1.54, 1.807) is 12.1 Å². The first kappa shape index (κ1) is 24.9. The number of carbonyl (C=O) groups is 3. The molecule has 2 heterocycles. The molecule has 0 N–H and O–H groups in total. The fourth-order valence-corrected chi connectivity index (χ4v) is 4.41. The third-order valence-electron chi connectivity index (χ3n) is 6.07. The van der Waals surface area contributed by atoms with Crippen LogP contribution in [-0.4, -0.2) is 69.3 Å². The van der Waals surface area contributed by atoms with E-state index >= 15 is 0 Å². The normalized spacial score (nSPS) is 19.9. The Labute approximate surface area is 207 Å². The Morgan fingerprint density at radius 1 is 0.944 bits per heavy atom. The molecule has 11 heteroatoms. The molecule has 2 atom stereocenters. The molecular formula is C25H26N2O9. The monoisotopic (exact) mass is 498 g/mol. The molecule has 0 saturated heterocycles. The topological polar surface area (TPSA) is 113 Å². The number of ketones is 1. The zero-order chi connectivity index (χ0) is 26.0. The van der Waals surface area contributed by atoms with E-state index in [-0.39, 0.29) is 29.4 Å². The molecule has 0 aromatic heterocycles. The molecule has 2 aromatic rings. The molecule has 190 valence electrons. The smallest absolute Gasteiger partial charge is 0.432 e. The van der Waals surface area contributed by atoms with Gasteiger partial charge in [-0.15, -0.1) is 0 Å². The molecule has 2 bridgehead atoms. The molecule has 2 aliphatic heterocycles. The van der Waals surface area contributed by atoms with Crippen LogP contribution in [0.5, 0.6) is 17.2 Å². The Morgan fingerprint density at radius 2 is 1.64 bits per heavy atom. The van der Waals surface area contributed by atoms with E-state index in [0.717, 1.165) is 29.8 Å². The average Bonchev–Trinajstić information content (AvgIpc) is 3.10. The summed E-state index contributed by atoms with van der Waals surface area (Å²) in [6, 6.07) is 9.91. The second-order valence-corrected chi connectivity index (χ2v) is 7.81. The predicted molar refractivity (Wildman–Crippen MR) is 125 cm³/mol. The third kappa shape index (κ3) is 3.68. The van der Waals surface area contributed by atoms with Crippen LogP contribution in [0.3, 0.4) is 0 Å². The number of benzene rings is 2. The van der Waals surface area contributed by atoms with E-state index in [1.807, 2.05) is 30.3 Å². The van der Waals surface area contributed by atoms with Gasteiger partial charge in [0.15, 0.2) is 11.5 Å². The van der Waals surface area contributed by atoms with Crippen molar-refractivity contribution in [3.8, 4) is 17.2 Å². The van der Waals surface area contributed by atoms with Gasteiger partial charge in [0.1, 0.15) is 12.6 Å². The quantitative estimate of drug-likeness (QED) is 0.552. The minimum absolute atomic E-state index is 0.0562. The average molecular weight is 498 g/mol. The number of amides is 2. The fraction of sp³-hybridized carbons (Fsp3) is 0.320. The lowest BCUT2D eigenvalue weighted by atomic mass is 9.95. The largest absolute Gasteiger partial charge is 0.493 e. The summed E-state index contributed by atoms with van der Waals surface area (Å²) in [7, 11) is 6.38. The molecule has 0 fully saturated rings.